The van der Waals surface area contributed by atoms with Crippen molar-refractivity contribution < 1.29 is 9.53 Å². The molecule has 1 aliphatic rings. The molecule has 24 heavy (non-hydrogen) atoms. The van der Waals surface area contributed by atoms with Crippen LogP contribution in [0.2, 0.25) is 0 Å². The van der Waals surface area contributed by atoms with E-state index in [0.717, 1.165) is 37.4 Å². The largest absolute Gasteiger partial charge is 0.497 e. The summed E-state index contributed by atoms with van der Waals surface area (Å²) in [6.45, 7) is 3.51. The van der Waals surface area contributed by atoms with Crippen LogP contribution >= 0.6 is 0 Å². The first-order chi connectivity index (χ1) is 11.6. The summed E-state index contributed by atoms with van der Waals surface area (Å²) in [6, 6.07) is 18.6. The molecular weight excluding hydrogens is 298 g/mol. The van der Waals surface area contributed by atoms with Crippen molar-refractivity contribution >= 4 is 11.6 Å². The number of amides is 1. The van der Waals surface area contributed by atoms with Gasteiger partial charge in [-0.2, -0.15) is 0 Å². The fourth-order valence-corrected chi connectivity index (χ4v) is 3.96. The van der Waals surface area contributed by atoms with Gasteiger partial charge in [-0.15, -0.1) is 0 Å². The minimum absolute atomic E-state index is 0.234. The number of quaternary nitrogens is 1. The van der Waals surface area contributed by atoms with Crippen molar-refractivity contribution in [1.29, 1.82) is 0 Å². The van der Waals surface area contributed by atoms with Crippen molar-refractivity contribution in [2.75, 3.05) is 20.2 Å². The quantitative estimate of drug-likeness (QED) is 0.788. The van der Waals surface area contributed by atoms with Crippen LogP contribution in [0.4, 0.5) is 5.69 Å². The number of nitrogens with zero attached hydrogens (tertiary/aromatic N) is 1. The van der Waals surface area contributed by atoms with Crippen LogP contribution in [0.5, 0.6) is 5.75 Å². The maximum Gasteiger partial charge on any atom is 0.315 e. The molecule has 2 aromatic rings. The second-order valence-electron chi connectivity index (χ2n) is 6.79. The molecule has 0 bridgehead atoms. The molecule has 0 spiro atoms. The highest BCUT2D eigenvalue weighted by molar-refractivity contribution is 5.86. The first-order valence-corrected chi connectivity index (χ1v) is 8.71. The number of hydrogen-bond acceptors (Lipinski definition) is 2. The molecule has 2 aromatic carbocycles. The van der Waals surface area contributed by atoms with E-state index < -0.39 is 0 Å². The van der Waals surface area contributed by atoms with Crippen LogP contribution in [0, 0.1) is 5.92 Å². The van der Waals surface area contributed by atoms with E-state index in [4.69, 9.17) is 4.74 Å². The highest BCUT2D eigenvalue weighted by Gasteiger charge is 2.41. The predicted molar refractivity (Wildman–Crippen MR) is 98.1 cm³/mol. The summed E-state index contributed by atoms with van der Waals surface area (Å²) in [5.74, 6) is 1.60. The zero-order valence-electron chi connectivity index (χ0n) is 14.6. The highest BCUT2D eigenvalue weighted by atomic mass is 16.5. The third-order valence-corrected chi connectivity index (χ3v) is 5.26. The fraction of sp³-hybridized carbons (Fsp3) is 0.381. The summed E-state index contributed by atoms with van der Waals surface area (Å²) >= 11 is 0. The van der Waals surface area contributed by atoms with E-state index in [0.29, 0.717) is 10.4 Å². The van der Waals surface area contributed by atoms with E-state index in [9.17, 15) is 4.79 Å². The number of carbonyl (C=O) groups is 1. The molecule has 1 saturated heterocycles. The van der Waals surface area contributed by atoms with E-state index in [-0.39, 0.29) is 5.91 Å². The number of benzene rings is 2. The van der Waals surface area contributed by atoms with Gasteiger partial charge in [-0.1, -0.05) is 30.3 Å². The summed E-state index contributed by atoms with van der Waals surface area (Å²) in [5.41, 5.74) is 2.45. The SMILES string of the molecule is COc1ccc([N+]2(C(C)=O)CCCC(Cc3ccccc3)C2)cc1. The van der Waals surface area contributed by atoms with Crippen LogP contribution in [0.15, 0.2) is 54.6 Å². The van der Waals surface area contributed by atoms with Gasteiger partial charge in [-0.25, -0.2) is 9.28 Å². The number of piperidine rings is 1. The molecule has 2 atom stereocenters. The summed E-state index contributed by atoms with van der Waals surface area (Å²) in [7, 11) is 1.67. The Labute approximate surface area is 144 Å². The molecule has 126 valence electrons. The fourth-order valence-electron chi connectivity index (χ4n) is 3.96. The zero-order valence-corrected chi connectivity index (χ0v) is 14.6. The third-order valence-electron chi connectivity index (χ3n) is 5.26. The molecule has 3 rings (SSSR count). The lowest BCUT2D eigenvalue weighted by molar-refractivity contribution is -0.129. The van der Waals surface area contributed by atoms with Gasteiger partial charge >= 0.3 is 5.91 Å². The Morgan fingerprint density at radius 2 is 1.83 bits per heavy atom. The van der Waals surface area contributed by atoms with E-state index in [1.807, 2.05) is 24.3 Å². The number of rotatable bonds is 4. The molecule has 0 aromatic heterocycles. The van der Waals surface area contributed by atoms with Crippen molar-refractivity contribution in [3.63, 3.8) is 0 Å². The van der Waals surface area contributed by atoms with Crippen molar-refractivity contribution in [1.82, 2.24) is 4.48 Å². The number of ether oxygens (including phenoxy) is 1. The van der Waals surface area contributed by atoms with Gasteiger partial charge in [-0.3, -0.25) is 0 Å². The molecule has 1 heterocycles. The smallest absolute Gasteiger partial charge is 0.315 e. The monoisotopic (exact) mass is 324 g/mol. The van der Waals surface area contributed by atoms with E-state index >= 15 is 0 Å². The van der Waals surface area contributed by atoms with Crippen molar-refractivity contribution in [2.24, 2.45) is 5.92 Å². The van der Waals surface area contributed by atoms with Crippen LogP contribution in [-0.4, -0.2) is 26.1 Å². The molecule has 1 fully saturated rings. The first-order valence-electron chi connectivity index (χ1n) is 8.71. The zero-order chi connectivity index (χ0) is 17.0. The van der Waals surface area contributed by atoms with E-state index in [1.165, 1.54) is 12.0 Å². The van der Waals surface area contributed by atoms with Gasteiger partial charge in [0.25, 0.3) is 0 Å². The first kappa shape index (κ1) is 16.7. The lowest BCUT2D eigenvalue weighted by Crippen LogP contribution is -2.58. The van der Waals surface area contributed by atoms with Crippen LogP contribution in [0.1, 0.15) is 25.3 Å². The average molecular weight is 324 g/mol. The van der Waals surface area contributed by atoms with Gasteiger partial charge < -0.3 is 4.74 Å². The maximum atomic E-state index is 12.6. The molecule has 3 heteroatoms. The number of likely N-dealkylation sites (tertiary alicyclic amines) is 1. The van der Waals surface area contributed by atoms with Gasteiger partial charge in [0.1, 0.15) is 11.4 Å². The number of methoxy groups -OCH3 is 1. The van der Waals surface area contributed by atoms with Gasteiger partial charge in [0.05, 0.1) is 27.1 Å². The molecule has 1 aliphatic heterocycles. The molecule has 0 saturated carbocycles. The molecule has 0 N–H and O–H groups in total. The Morgan fingerprint density at radius 3 is 2.46 bits per heavy atom. The van der Waals surface area contributed by atoms with Crippen LogP contribution in [0.3, 0.4) is 0 Å². The van der Waals surface area contributed by atoms with Crippen LogP contribution < -0.4 is 9.22 Å². The summed E-state index contributed by atoms with van der Waals surface area (Å²) in [6.07, 6.45) is 3.33. The second kappa shape index (κ2) is 7.18. The standard InChI is InChI=1S/C21H26NO2/c1-17(23)22(20-10-12-21(24-2)13-11-20)14-6-9-19(16-22)15-18-7-4-3-5-8-18/h3-5,7-8,10-13,19H,6,9,14-16H2,1-2H3/q+1. The van der Waals surface area contributed by atoms with Gasteiger partial charge in [0.2, 0.25) is 0 Å². The van der Waals surface area contributed by atoms with E-state index in [1.54, 1.807) is 14.0 Å². The van der Waals surface area contributed by atoms with Gasteiger partial charge in [-0.05, 0) is 37.0 Å². The van der Waals surface area contributed by atoms with Crippen LogP contribution in [-0.2, 0) is 11.2 Å². The van der Waals surface area contributed by atoms with E-state index in [2.05, 4.69) is 30.3 Å². The summed E-state index contributed by atoms with van der Waals surface area (Å²) in [5, 5.41) is 0. The third kappa shape index (κ3) is 3.36. The van der Waals surface area contributed by atoms with Crippen molar-refractivity contribution in [3.05, 3.63) is 60.2 Å². The Kier molecular flexibility index (Phi) is 5.00. The Morgan fingerprint density at radius 1 is 1.12 bits per heavy atom. The molecule has 1 amide bonds. The molecule has 0 aliphatic carbocycles. The van der Waals surface area contributed by atoms with Gasteiger partial charge in [0.15, 0.2) is 0 Å². The Bertz CT molecular complexity index is 681. The minimum atomic E-state index is 0.234. The Hall–Kier alpha value is -2.13. The topological polar surface area (TPSA) is 26.3 Å². The maximum absolute atomic E-state index is 12.6. The number of hydrogen-bond donors (Lipinski definition) is 0. The molecule has 2 unspecified atom stereocenters. The molecule has 3 nitrogen and oxygen atoms in total. The Balaban J connectivity index is 1.84. The van der Waals surface area contributed by atoms with Crippen molar-refractivity contribution in [3.8, 4) is 5.75 Å². The van der Waals surface area contributed by atoms with Crippen molar-refractivity contribution in [2.45, 2.75) is 26.2 Å². The second-order valence-corrected chi connectivity index (χ2v) is 6.79. The summed E-state index contributed by atoms with van der Waals surface area (Å²) in [4.78, 5) is 12.6. The summed E-state index contributed by atoms with van der Waals surface area (Å²) < 4.78 is 5.72. The van der Waals surface area contributed by atoms with Gasteiger partial charge in [0, 0.05) is 18.1 Å². The number of carbonyl (C=O) groups excluding carboxylic acids is 1. The average Bonchev–Trinajstić information content (AvgIpc) is 2.62. The lowest BCUT2D eigenvalue weighted by Gasteiger charge is -2.41. The van der Waals surface area contributed by atoms with Crippen LogP contribution in [0.25, 0.3) is 0 Å². The highest BCUT2D eigenvalue weighted by Crippen LogP contribution is 2.34. The minimum Gasteiger partial charge on any atom is -0.497 e. The predicted octanol–water partition coefficient (Wildman–Crippen LogP) is 4.20. The normalized spacial score (nSPS) is 23.7. The molecular formula is C21H26NO2+. The molecule has 0 radical (unpaired) electrons. The lowest BCUT2D eigenvalue weighted by atomic mass is 9.89.